The minimum absolute atomic E-state index is 0.111. The topological polar surface area (TPSA) is 121 Å². The highest BCUT2D eigenvalue weighted by molar-refractivity contribution is 5.95. The molecule has 0 fully saturated rings. The SMILES string of the molecule is CCOc1cc(C(Nc2ccc(C(=N)N)cc2)C(=O)NNc2ccccc2C(F)(F)F)ccc1OC(C)C. The van der Waals surface area contributed by atoms with E-state index < -0.39 is 23.7 Å². The van der Waals surface area contributed by atoms with E-state index in [0.29, 0.717) is 34.9 Å². The van der Waals surface area contributed by atoms with Crippen LogP contribution in [0.15, 0.2) is 66.7 Å². The number of carbonyl (C=O) groups is 1. The summed E-state index contributed by atoms with van der Waals surface area (Å²) >= 11 is 0. The summed E-state index contributed by atoms with van der Waals surface area (Å²) in [7, 11) is 0. The first kappa shape index (κ1) is 28.2. The molecule has 6 N–H and O–H groups in total. The van der Waals surface area contributed by atoms with Gasteiger partial charge in [0.15, 0.2) is 11.5 Å². The van der Waals surface area contributed by atoms with Gasteiger partial charge in [0.05, 0.1) is 24.0 Å². The molecular weight excluding hydrogens is 499 g/mol. The standard InChI is InChI=1S/C27H30F3N5O3/c1-4-37-23-15-18(11-14-22(23)38-16(2)3)24(33-19-12-9-17(10-13-19)25(31)32)26(36)35-34-21-8-6-5-7-20(21)27(28,29)30/h5-16,24,33-34H,4H2,1-3H3,(H3,31,32)(H,35,36). The van der Waals surface area contributed by atoms with Crippen LogP contribution in [0.3, 0.4) is 0 Å². The van der Waals surface area contributed by atoms with E-state index in [-0.39, 0.29) is 17.6 Å². The van der Waals surface area contributed by atoms with Crippen LogP contribution < -0.4 is 31.4 Å². The molecule has 1 atom stereocenters. The molecular formula is C27H30F3N5O3. The second-order valence-corrected chi connectivity index (χ2v) is 8.53. The zero-order chi connectivity index (χ0) is 27.9. The van der Waals surface area contributed by atoms with Crippen molar-refractivity contribution in [1.82, 2.24) is 5.43 Å². The van der Waals surface area contributed by atoms with E-state index in [1.807, 2.05) is 20.8 Å². The minimum Gasteiger partial charge on any atom is -0.490 e. The fraction of sp³-hybridized carbons (Fsp3) is 0.259. The molecule has 0 spiro atoms. The number of anilines is 2. The number of nitrogens with one attached hydrogen (secondary N) is 4. The molecule has 0 saturated carbocycles. The molecule has 3 rings (SSSR count). The number of para-hydroxylation sites is 1. The van der Waals surface area contributed by atoms with Gasteiger partial charge in [-0.25, -0.2) is 0 Å². The highest BCUT2D eigenvalue weighted by Gasteiger charge is 2.33. The molecule has 0 saturated heterocycles. The average Bonchev–Trinajstić information content (AvgIpc) is 2.86. The Kier molecular flexibility index (Phi) is 9.06. The molecule has 0 radical (unpaired) electrons. The predicted octanol–water partition coefficient (Wildman–Crippen LogP) is 5.47. The Morgan fingerprint density at radius 1 is 1.03 bits per heavy atom. The molecule has 1 unspecified atom stereocenters. The van der Waals surface area contributed by atoms with Crippen LogP contribution in [0.5, 0.6) is 11.5 Å². The van der Waals surface area contributed by atoms with Crippen molar-refractivity contribution >= 4 is 23.1 Å². The summed E-state index contributed by atoms with van der Waals surface area (Å²) in [4.78, 5) is 13.3. The first-order valence-corrected chi connectivity index (χ1v) is 11.9. The second-order valence-electron chi connectivity index (χ2n) is 8.53. The van der Waals surface area contributed by atoms with E-state index in [9.17, 15) is 18.0 Å². The Bertz CT molecular complexity index is 1260. The predicted molar refractivity (Wildman–Crippen MR) is 140 cm³/mol. The maximum atomic E-state index is 13.4. The van der Waals surface area contributed by atoms with Gasteiger partial charge >= 0.3 is 6.18 Å². The Balaban J connectivity index is 1.94. The van der Waals surface area contributed by atoms with Gasteiger partial charge in [-0.1, -0.05) is 18.2 Å². The van der Waals surface area contributed by atoms with Crippen molar-refractivity contribution < 1.29 is 27.4 Å². The molecule has 0 aliphatic rings. The van der Waals surface area contributed by atoms with Crippen LogP contribution in [-0.2, 0) is 11.0 Å². The molecule has 8 nitrogen and oxygen atoms in total. The van der Waals surface area contributed by atoms with Gasteiger partial charge in [-0.2, -0.15) is 13.2 Å². The number of benzene rings is 3. The molecule has 11 heteroatoms. The molecule has 1 amide bonds. The quantitative estimate of drug-likeness (QED) is 0.128. The third-order valence-corrected chi connectivity index (χ3v) is 5.29. The van der Waals surface area contributed by atoms with Gasteiger partial charge in [-0.05, 0) is 74.9 Å². The summed E-state index contributed by atoms with van der Waals surface area (Å²) in [5.74, 6) is 0.145. The Hall–Kier alpha value is -4.41. The number of hydrogen-bond donors (Lipinski definition) is 5. The molecule has 38 heavy (non-hydrogen) atoms. The maximum Gasteiger partial charge on any atom is 0.418 e. The fourth-order valence-corrected chi connectivity index (χ4v) is 3.58. The molecule has 202 valence electrons. The van der Waals surface area contributed by atoms with E-state index in [2.05, 4.69) is 16.2 Å². The summed E-state index contributed by atoms with van der Waals surface area (Å²) in [6.45, 7) is 5.91. The van der Waals surface area contributed by atoms with Gasteiger partial charge in [0.2, 0.25) is 0 Å². The monoisotopic (exact) mass is 529 g/mol. The van der Waals surface area contributed by atoms with Crippen LogP contribution in [0.4, 0.5) is 24.5 Å². The van der Waals surface area contributed by atoms with Crippen molar-refractivity contribution in [1.29, 1.82) is 5.41 Å². The summed E-state index contributed by atoms with van der Waals surface area (Å²) < 4.78 is 51.7. The third kappa shape index (κ3) is 7.31. The first-order valence-electron chi connectivity index (χ1n) is 11.9. The van der Waals surface area contributed by atoms with Crippen molar-refractivity contribution in [2.75, 3.05) is 17.3 Å². The fourth-order valence-electron chi connectivity index (χ4n) is 3.58. The summed E-state index contributed by atoms with van der Waals surface area (Å²) in [5, 5.41) is 10.6. The smallest absolute Gasteiger partial charge is 0.418 e. The Morgan fingerprint density at radius 2 is 1.71 bits per heavy atom. The van der Waals surface area contributed by atoms with Crippen molar-refractivity contribution in [2.24, 2.45) is 5.73 Å². The van der Waals surface area contributed by atoms with Gasteiger partial charge in [0.1, 0.15) is 11.9 Å². The lowest BCUT2D eigenvalue weighted by Crippen LogP contribution is -2.37. The molecule has 0 aromatic heterocycles. The van der Waals surface area contributed by atoms with Gasteiger partial charge < -0.3 is 20.5 Å². The van der Waals surface area contributed by atoms with Crippen molar-refractivity contribution in [3.8, 4) is 11.5 Å². The van der Waals surface area contributed by atoms with Gasteiger partial charge in [-0.15, -0.1) is 0 Å². The number of amidine groups is 1. The molecule has 3 aromatic carbocycles. The van der Waals surface area contributed by atoms with Crippen LogP contribution in [0.2, 0.25) is 0 Å². The van der Waals surface area contributed by atoms with E-state index in [0.717, 1.165) is 6.07 Å². The van der Waals surface area contributed by atoms with Crippen LogP contribution in [0, 0.1) is 5.41 Å². The third-order valence-electron chi connectivity index (χ3n) is 5.29. The molecule has 3 aromatic rings. The van der Waals surface area contributed by atoms with Crippen LogP contribution in [-0.4, -0.2) is 24.5 Å². The lowest BCUT2D eigenvalue weighted by molar-refractivity contribution is -0.137. The number of halogens is 3. The number of hydrogen-bond acceptors (Lipinski definition) is 6. The number of hydrazine groups is 1. The molecule has 0 heterocycles. The van der Waals surface area contributed by atoms with Crippen molar-refractivity contribution in [3.63, 3.8) is 0 Å². The first-order chi connectivity index (χ1) is 18.0. The number of alkyl halides is 3. The average molecular weight is 530 g/mol. The second kappa shape index (κ2) is 12.2. The highest BCUT2D eigenvalue weighted by atomic mass is 19.4. The van der Waals surface area contributed by atoms with E-state index in [1.165, 1.54) is 18.2 Å². The van der Waals surface area contributed by atoms with Gasteiger partial charge in [0.25, 0.3) is 5.91 Å². The maximum absolute atomic E-state index is 13.4. The van der Waals surface area contributed by atoms with Crippen LogP contribution in [0.25, 0.3) is 0 Å². The summed E-state index contributed by atoms with van der Waals surface area (Å²) in [5.41, 5.74) is 10.6. The Morgan fingerprint density at radius 3 is 2.32 bits per heavy atom. The minimum atomic E-state index is -4.61. The molecule has 0 bridgehead atoms. The lowest BCUT2D eigenvalue weighted by Gasteiger charge is -2.23. The molecule has 0 aliphatic carbocycles. The largest absolute Gasteiger partial charge is 0.490 e. The summed E-state index contributed by atoms with van der Waals surface area (Å²) in [6.07, 6.45) is -4.72. The number of ether oxygens (including phenoxy) is 2. The van der Waals surface area contributed by atoms with Crippen LogP contribution in [0.1, 0.15) is 43.5 Å². The normalized spacial score (nSPS) is 12.0. The van der Waals surface area contributed by atoms with Gasteiger partial charge in [-0.3, -0.25) is 21.1 Å². The summed E-state index contributed by atoms with van der Waals surface area (Å²) in [6, 6.07) is 15.3. The van der Waals surface area contributed by atoms with E-state index >= 15 is 0 Å². The Labute approximate surface area is 218 Å². The van der Waals surface area contributed by atoms with E-state index in [1.54, 1.807) is 42.5 Å². The number of rotatable bonds is 11. The highest BCUT2D eigenvalue weighted by Crippen LogP contribution is 2.35. The number of nitrogens with two attached hydrogens (primary N) is 1. The number of amides is 1. The molecule has 0 aliphatic heterocycles. The number of nitrogen functional groups attached to an aromatic ring is 1. The lowest BCUT2D eigenvalue weighted by atomic mass is 10.0. The zero-order valence-electron chi connectivity index (χ0n) is 21.1. The van der Waals surface area contributed by atoms with E-state index in [4.69, 9.17) is 20.6 Å². The zero-order valence-corrected chi connectivity index (χ0v) is 21.1. The van der Waals surface area contributed by atoms with Crippen molar-refractivity contribution in [2.45, 2.75) is 39.1 Å². The van der Waals surface area contributed by atoms with Crippen molar-refractivity contribution in [3.05, 3.63) is 83.4 Å². The van der Waals surface area contributed by atoms with Gasteiger partial charge in [0, 0.05) is 11.3 Å². The number of carbonyl (C=O) groups excluding carboxylic acids is 1. The van der Waals surface area contributed by atoms with Crippen LogP contribution >= 0.6 is 0 Å².